The largest absolute Gasteiger partial charge is 0.493 e. The number of aromatic nitrogens is 2. The number of hydrogen-bond donors (Lipinski definition) is 1. The molecule has 0 amide bonds. The van der Waals surface area contributed by atoms with Crippen molar-refractivity contribution in [2.24, 2.45) is 0 Å². The van der Waals surface area contributed by atoms with Crippen molar-refractivity contribution in [3.63, 3.8) is 0 Å². The monoisotopic (exact) mass is 450 g/mol. The van der Waals surface area contributed by atoms with Gasteiger partial charge in [0.25, 0.3) is 0 Å². The minimum atomic E-state index is 0.0245. The number of benzene rings is 2. The number of aromatic hydroxyl groups is 1. The van der Waals surface area contributed by atoms with E-state index in [-0.39, 0.29) is 18.7 Å². The minimum absolute atomic E-state index is 0.0245. The summed E-state index contributed by atoms with van der Waals surface area (Å²) in [7, 11) is 3.72. The van der Waals surface area contributed by atoms with Crippen molar-refractivity contribution in [1.82, 2.24) is 14.9 Å². The topological polar surface area (TPSA) is 80.2 Å². The van der Waals surface area contributed by atoms with Crippen LogP contribution in [0, 0.1) is 0 Å². The molecular weight excluding hydrogens is 420 g/mol. The third kappa shape index (κ3) is 4.54. The van der Waals surface area contributed by atoms with E-state index in [9.17, 15) is 5.11 Å². The molecule has 2 aliphatic heterocycles. The summed E-state index contributed by atoms with van der Waals surface area (Å²) in [6.07, 6.45) is 2.94. The van der Waals surface area contributed by atoms with Gasteiger partial charge in [-0.3, -0.25) is 0 Å². The Hall–Kier alpha value is -3.10. The Morgan fingerprint density at radius 2 is 2.00 bits per heavy atom. The Morgan fingerprint density at radius 3 is 2.82 bits per heavy atom. The summed E-state index contributed by atoms with van der Waals surface area (Å²) >= 11 is 0. The maximum absolute atomic E-state index is 10.6. The zero-order valence-corrected chi connectivity index (χ0v) is 19.2. The van der Waals surface area contributed by atoms with Gasteiger partial charge in [-0.1, -0.05) is 24.3 Å². The first kappa shape index (κ1) is 21.7. The van der Waals surface area contributed by atoms with Crippen LogP contribution in [-0.4, -0.2) is 66.7 Å². The number of fused-ring (bicyclic) bond motifs is 2. The van der Waals surface area contributed by atoms with E-state index in [1.807, 2.05) is 24.3 Å². The van der Waals surface area contributed by atoms with Crippen molar-refractivity contribution in [1.29, 1.82) is 0 Å². The molecule has 1 N–H and O–H groups in total. The lowest BCUT2D eigenvalue weighted by molar-refractivity contribution is 0.0512. The van der Waals surface area contributed by atoms with Crippen molar-refractivity contribution in [3.05, 3.63) is 47.7 Å². The summed E-state index contributed by atoms with van der Waals surface area (Å²) < 4.78 is 16.7. The molecule has 1 atom stereocenters. The smallest absolute Gasteiger partial charge is 0.320 e. The Bertz CT molecular complexity index is 1140. The Balaban J connectivity index is 1.41. The zero-order chi connectivity index (χ0) is 22.8. The molecule has 174 valence electrons. The molecular formula is C25H30N4O4. The van der Waals surface area contributed by atoms with Gasteiger partial charge >= 0.3 is 6.01 Å². The average molecular weight is 451 g/mol. The van der Waals surface area contributed by atoms with Crippen LogP contribution in [0.3, 0.4) is 0 Å². The molecule has 3 heterocycles. The summed E-state index contributed by atoms with van der Waals surface area (Å²) in [5.74, 6) is 0.781. The number of nitrogens with zero attached hydrogens (tertiary/aromatic N) is 4. The van der Waals surface area contributed by atoms with E-state index in [1.54, 1.807) is 7.11 Å². The molecule has 0 unspecified atom stereocenters. The molecule has 8 heteroatoms. The fourth-order valence-corrected chi connectivity index (χ4v) is 4.75. The summed E-state index contributed by atoms with van der Waals surface area (Å²) in [6.45, 7) is 3.11. The van der Waals surface area contributed by atoms with Gasteiger partial charge < -0.3 is 29.1 Å². The van der Waals surface area contributed by atoms with E-state index in [4.69, 9.17) is 14.2 Å². The van der Waals surface area contributed by atoms with Gasteiger partial charge in [0, 0.05) is 42.4 Å². The van der Waals surface area contributed by atoms with Gasteiger partial charge in [0.2, 0.25) is 5.88 Å². The van der Waals surface area contributed by atoms with Crippen LogP contribution in [0.25, 0.3) is 10.8 Å². The Labute approximate surface area is 193 Å². The van der Waals surface area contributed by atoms with Crippen molar-refractivity contribution < 1.29 is 19.3 Å². The number of likely N-dealkylation sites (N-methyl/N-ethyl adjacent to an activating group) is 1. The SMILES string of the molecule is COCOc1cc(N2CCc3c(O)nc(OC[C@@H]4CCCN4C)nc3C2)c2ccccc2c1. The Morgan fingerprint density at radius 1 is 1.12 bits per heavy atom. The second kappa shape index (κ2) is 9.41. The molecule has 5 rings (SSSR count). The van der Waals surface area contributed by atoms with Crippen LogP contribution in [0.5, 0.6) is 17.6 Å². The second-order valence-corrected chi connectivity index (χ2v) is 8.73. The van der Waals surface area contributed by atoms with Crippen LogP contribution < -0.4 is 14.4 Å². The van der Waals surface area contributed by atoms with E-state index in [0.29, 0.717) is 25.6 Å². The fraction of sp³-hybridized carbons (Fsp3) is 0.440. The van der Waals surface area contributed by atoms with Crippen LogP contribution in [0.15, 0.2) is 36.4 Å². The van der Waals surface area contributed by atoms with Gasteiger partial charge in [0.15, 0.2) is 6.79 Å². The molecule has 3 aromatic rings. The lowest BCUT2D eigenvalue weighted by Gasteiger charge is -2.31. The highest BCUT2D eigenvalue weighted by Crippen LogP contribution is 2.36. The van der Waals surface area contributed by atoms with Gasteiger partial charge in [-0.2, -0.15) is 9.97 Å². The number of methoxy groups -OCH3 is 1. The standard InChI is InChI=1S/C25H30N4O4/c1-28-10-5-7-18(28)15-32-25-26-22-14-29(11-9-21(22)24(30)27-25)23-13-19(33-16-31-2)12-17-6-3-4-8-20(17)23/h3-4,6,8,12-13,18H,5,7,9-11,14-16H2,1-2H3,(H,26,27,30)/t18-/m0/s1. The molecule has 0 radical (unpaired) electrons. The lowest BCUT2D eigenvalue weighted by Crippen LogP contribution is -2.32. The summed E-state index contributed by atoms with van der Waals surface area (Å²) in [6, 6.07) is 12.9. The van der Waals surface area contributed by atoms with Crippen molar-refractivity contribution in [2.45, 2.75) is 31.8 Å². The van der Waals surface area contributed by atoms with Gasteiger partial charge in [-0.05, 0) is 44.3 Å². The predicted molar refractivity (Wildman–Crippen MR) is 126 cm³/mol. The molecule has 0 saturated carbocycles. The zero-order valence-electron chi connectivity index (χ0n) is 19.2. The molecule has 2 aliphatic rings. The average Bonchev–Trinajstić information content (AvgIpc) is 3.25. The summed E-state index contributed by atoms with van der Waals surface area (Å²) in [5, 5.41) is 12.8. The maximum atomic E-state index is 10.6. The van der Waals surface area contributed by atoms with Crippen molar-refractivity contribution in [3.8, 4) is 17.6 Å². The lowest BCUT2D eigenvalue weighted by atomic mass is 10.0. The number of rotatable bonds is 7. The quantitative estimate of drug-likeness (QED) is 0.549. The van der Waals surface area contributed by atoms with Crippen LogP contribution in [0.2, 0.25) is 0 Å². The molecule has 8 nitrogen and oxygen atoms in total. The first-order chi connectivity index (χ1) is 16.1. The third-order valence-electron chi connectivity index (χ3n) is 6.60. The molecule has 0 bridgehead atoms. The van der Waals surface area contributed by atoms with E-state index in [0.717, 1.165) is 53.0 Å². The molecule has 33 heavy (non-hydrogen) atoms. The first-order valence-corrected chi connectivity index (χ1v) is 11.4. The normalized spacial score (nSPS) is 18.5. The van der Waals surface area contributed by atoms with Gasteiger partial charge in [-0.25, -0.2) is 0 Å². The Kier molecular flexibility index (Phi) is 6.20. The summed E-state index contributed by atoms with van der Waals surface area (Å²) in [5.41, 5.74) is 2.67. The molecule has 0 spiro atoms. The van der Waals surface area contributed by atoms with Crippen molar-refractivity contribution >= 4 is 16.5 Å². The molecule has 1 saturated heterocycles. The highest BCUT2D eigenvalue weighted by atomic mass is 16.7. The number of likely N-dealkylation sites (tertiary alicyclic amines) is 1. The van der Waals surface area contributed by atoms with Crippen LogP contribution >= 0.6 is 0 Å². The van der Waals surface area contributed by atoms with E-state index in [1.165, 1.54) is 6.42 Å². The maximum Gasteiger partial charge on any atom is 0.320 e. The predicted octanol–water partition coefficient (Wildman–Crippen LogP) is 3.35. The fourth-order valence-electron chi connectivity index (χ4n) is 4.75. The van der Waals surface area contributed by atoms with Crippen molar-refractivity contribution in [2.75, 3.05) is 45.5 Å². The van der Waals surface area contributed by atoms with Crippen LogP contribution in [-0.2, 0) is 17.7 Å². The van der Waals surface area contributed by atoms with E-state index >= 15 is 0 Å². The van der Waals surface area contributed by atoms with Crippen LogP contribution in [0.4, 0.5) is 5.69 Å². The van der Waals surface area contributed by atoms with E-state index < -0.39 is 0 Å². The molecule has 0 aliphatic carbocycles. The highest BCUT2D eigenvalue weighted by molar-refractivity contribution is 5.95. The number of anilines is 1. The van der Waals surface area contributed by atoms with Crippen LogP contribution in [0.1, 0.15) is 24.1 Å². The third-order valence-corrected chi connectivity index (χ3v) is 6.60. The molecule has 1 fully saturated rings. The van der Waals surface area contributed by atoms with E-state index in [2.05, 4.69) is 38.9 Å². The number of ether oxygens (including phenoxy) is 3. The van der Waals surface area contributed by atoms with Gasteiger partial charge in [-0.15, -0.1) is 0 Å². The highest BCUT2D eigenvalue weighted by Gasteiger charge is 2.26. The van der Waals surface area contributed by atoms with Gasteiger partial charge in [0.1, 0.15) is 12.4 Å². The second-order valence-electron chi connectivity index (χ2n) is 8.73. The van der Waals surface area contributed by atoms with Gasteiger partial charge in [0.05, 0.1) is 12.2 Å². The first-order valence-electron chi connectivity index (χ1n) is 11.4. The summed E-state index contributed by atoms with van der Waals surface area (Å²) in [4.78, 5) is 13.5. The molecule has 2 aromatic carbocycles. The number of hydrogen-bond acceptors (Lipinski definition) is 8. The minimum Gasteiger partial charge on any atom is -0.493 e. The molecule has 1 aromatic heterocycles.